The molecule has 0 aliphatic heterocycles. The van der Waals surface area contributed by atoms with Crippen LogP contribution in [0.1, 0.15) is 5.56 Å². The highest BCUT2D eigenvalue weighted by Gasteiger charge is 1.96. The van der Waals surface area contributed by atoms with Gasteiger partial charge in [0.1, 0.15) is 13.5 Å². The largest absolute Gasteiger partial charge is 0.270 e. The summed E-state index contributed by atoms with van der Waals surface area (Å²) in [6.45, 7) is 1.82. The predicted molar refractivity (Wildman–Crippen MR) is 39.8 cm³/mol. The number of nitrogens with zero attached hydrogens (tertiary/aromatic N) is 2. The smallest absolute Gasteiger partial charge is 0.145 e. The van der Waals surface area contributed by atoms with Crippen molar-refractivity contribution in [1.29, 1.82) is 0 Å². The van der Waals surface area contributed by atoms with Crippen molar-refractivity contribution in [2.45, 2.75) is 6.92 Å². The van der Waals surface area contributed by atoms with Crippen molar-refractivity contribution in [3.8, 4) is 0 Å². The molecule has 0 amide bonds. The first-order chi connectivity index (χ1) is 4.74. The number of pyridine rings is 1. The Morgan fingerprint density at radius 3 is 2.90 bits per heavy atom. The highest BCUT2D eigenvalue weighted by Crippen LogP contribution is 2.06. The molecule has 1 heterocycles. The maximum absolute atomic E-state index is 10.0. The van der Waals surface area contributed by atoms with Crippen molar-refractivity contribution in [1.82, 2.24) is 4.98 Å². The Kier molecular flexibility index (Phi) is 1.80. The molecule has 0 atom stereocenters. The second-order valence-corrected chi connectivity index (χ2v) is 2.01. The molecule has 0 aliphatic carbocycles. The van der Waals surface area contributed by atoms with Gasteiger partial charge < -0.3 is 0 Å². The van der Waals surface area contributed by atoms with Gasteiger partial charge in [-0.3, -0.25) is 4.98 Å². The minimum absolute atomic E-state index is 0.181. The maximum Gasteiger partial charge on any atom is 0.145 e. The average Bonchev–Trinajstić information content (AvgIpc) is 1.94. The van der Waals surface area contributed by atoms with Crippen LogP contribution in [0.3, 0.4) is 0 Å². The van der Waals surface area contributed by atoms with Gasteiger partial charge in [-0.05, 0) is 23.7 Å². The number of hydrogen-bond acceptors (Lipinski definition) is 3. The molecule has 0 aliphatic rings. The van der Waals surface area contributed by atoms with Crippen LogP contribution in [0.2, 0.25) is 0 Å². The SMILES string of the molecule is [B]c1ncc(C)cc1N=O. The van der Waals surface area contributed by atoms with E-state index >= 15 is 0 Å². The Bertz CT molecular complexity index is 262. The summed E-state index contributed by atoms with van der Waals surface area (Å²) < 4.78 is 0. The zero-order valence-electron chi connectivity index (χ0n) is 5.53. The molecule has 1 aromatic rings. The van der Waals surface area contributed by atoms with Crippen LogP contribution in [-0.4, -0.2) is 12.8 Å². The molecule has 1 rings (SSSR count). The minimum Gasteiger partial charge on any atom is -0.270 e. The van der Waals surface area contributed by atoms with E-state index in [2.05, 4.69) is 10.2 Å². The van der Waals surface area contributed by atoms with Crippen molar-refractivity contribution in [3.63, 3.8) is 0 Å². The lowest BCUT2D eigenvalue weighted by atomic mass is 10.0. The summed E-state index contributed by atoms with van der Waals surface area (Å²) in [6, 6.07) is 1.59. The Labute approximate surface area is 59.9 Å². The fraction of sp³-hybridized carbons (Fsp3) is 0.167. The molecule has 0 saturated carbocycles. The van der Waals surface area contributed by atoms with Gasteiger partial charge in [0.2, 0.25) is 0 Å². The minimum atomic E-state index is 0.181. The van der Waals surface area contributed by atoms with Crippen molar-refractivity contribution in [3.05, 3.63) is 22.7 Å². The van der Waals surface area contributed by atoms with E-state index in [0.29, 0.717) is 0 Å². The summed E-state index contributed by atoms with van der Waals surface area (Å²) in [6.07, 6.45) is 1.59. The van der Waals surface area contributed by atoms with Gasteiger partial charge in [0, 0.05) is 11.8 Å². The Morgan fingerprint density at radius 1 is 1.70 bits per heavy atom. The number of rotatable bonds is 1. The maximum atomic E-state index is 10.0. The Morgan fingerprint density at radius 2 is 2.40 bits per heavy atom. The first-order valence-corrected chi connectivity index (χ1v) is 2.79. The monoisotopic (exact) mass is 132 g/mol. The third kappa shape index (κ3) is 1.21. The standard InChI is InChI=1S/C6H5BN2O/c1-4-2-5(9-10)6(7)8-3-4/h2-3H,1H3. The van der Waals surface area contributed by atoms with E-state index in [1.54, 1.807) is 12.3 Å². The predicted octanol–water partition coefficient (Wildman–Crippen LogP) is 0.582. The van der Waals surface area contributed by atoms with Gasteiger partial charge in [-0.25, -0.2) is 0 Å². The van der Waals surface area contributed by atoms with E-state index in [0.717, 1.165) is 5.56 Å². The van der Waals surface area contributed by atoms with Crippen molar-refractivity contribution < 1.29 is 0 Å². The molecule has 0 spiro atoms. The summed E-state index contributed by atoms with van der Waals surface area (Å²) in [5.74, 6) is 0. The third-order valence-corrected chi connectivity index (χ3v) is 1.13. The molecule has 0 fully saturated rings. The fourth-order valence-electron chi connectivity index (χ4n) is 0.637. The zero-order chi connectivity index (χ0) is 7.56. The first-order valence-electron chi connectivity index (χ1n) is 2.79. The normalized spacial score (nSPS) is 9.30. The van der Waals surface area contributed by atoms with Gasteiger partial charge in [-0.15, -0.1) is 4.91 Å². The number of aromatic nitrogens is 1. The van der Waals surface area contributed by atoms with Gasteiger partial charge in [-0.2, -0.15) is 0 Å². The van der Waals surface area contributed by atoms with Crippen molar-refractivity contribution >= 4 is 19.1 Å². The van der Waals surface area contributed by atoms with Crippen LogP contribution in [0, 0.1) is 11.8 Å². The van der Waals surface area contributed by atoms with E-state index in [1.807, 2.05) is 6.92 Å². The summed E-state index contributed by atoms with van der Waals surface area (Å²) in [7, 11) is 5.30. The fourth-order valence-corrected chi connectivity index (χ4v) is 0.637. The first kappa shape index (κ1) is 6.93. The molecular formula is C6H5BN2O. The van der Waals surface area contributed by atoms with Crippen molar-refractivity contribution in [2.75, 3.05) is 0 Å². The third-order valence-electron chi connectivity index (χ3n) is 1.13. The number of aryl methyl sites for hydroxylation is 1. The van der Waals surface area contributed by atoms with Gasteiger partial charge in [0.05, 0.1) is 0 Å². The van der Waals surface area contributed by atoms with Crippen LogP contribution in [-0.2, 0) is 0 Å². The van der Waals surface area contributed by atoms with E-state index < -0.39 is 0 Å². The summed E-state index contributed by atoms with van der Waals surface area (Å²) in [5.41, 5.74) is 1.27. The van der Waals surface area contributed by atoms with Gasteiger partial charge in [0.15, 0.2) is 0 Å². The molecular weight excluding hydrogens is 127 g/mol. The molecule has 3 nitrogen and oxygen atoms in total. The molecule has 1 aromatic heterocycles. The Balaban J connectivity index is 3.21. The van der Waals surface area contributed by atoms with E-state index in [9.17, 15) is 4.91 Å². The van der Waals surface area contributed by atoms with E-state index in [1.165, 1.54) is 0 Å². The molecule has 0 N–H and O–H groups in total. The molecule has 10 heavy (non-hydrogen) atoms. The van der Waals surface area contributed by atoms with Crippen LogP contribution in [0.4, 0.5) is 5.69 Å². The Hall–Kier alpha value is -1.19. The topological polar surface area (TPSA) is 42.3 Å². The average molecular weight is 132 g/mol. The van der Waals surface area contributed by atoms with Crippen LogP contribution in [0.25, 0.3) is 0 Å². The molecule has 0 bridgehead atoms. The van der Waals surface area contributed by atoms with E-state index in [4.69, 9.17) is 7.85 Å². The molecule has 0 saturated heterocycles. The second-order valence-electron chi connectivity index (χ2n) is 2.01. The van der Waals surface area contributed by atoms with Crippen LogP contribution >= 0.6 is 0 Å². The van der Waals surface area contributed by atoms with Crippen LogP contribution in [0.5, 0.6) is 0 Å². The summed E-state index contributed by atoms with van der Waals surface area (Å²) >= 11 is 0. The number of hydrogen-bond donors (Lipinski definition) is 0. The molecule has 2 radical (unpaired) electrons. The summed E-state index contributed by atoms with van der Waals surface area (Å²) in [5, 5.41) is 2.69. The van der Waals surface area contributed by atoms with Gasteiger partial charge in [-0.1, -0.05) is 0 Å². The molecule has 0 unspecified atom stereocenters. The number of nitroso groups, excluding NO2 is 1. The zero-order valence-corrected chi connectivity index (χ0v) is 5.53. The molecule has 4 heteroatoms. The van der Waals surface area contributed by atoms with Crippen molar-refractivity contribution in [2.24, 2.45) is 5.18 Å². The van der Waals surface area contributed by atoms with E-state index in [-0.39, 0.29) is 11.3 Å². The lowest BCUT2D eigenvalue weighted by Crippen LogP contribution is -2.07. The van der Waals surface area contributed by atoms with Gasteiger partial charge >= 0.3 is 0 Å². The lowest BCUT2D eigenvalue weighted by molar-refractivity contribution is 1.29. The van der Waals surface area contributed by atoms with Crippen LogP contribution in [0.15, 0.2) is 17.4 Å². The molecule has 0 aromatic carbocycles. The summed E-state index contributed by atoms with van der Waals surface area (Å²) in [4.78, 5) is 13.7. The second kappa shape index (κ2) is 2.60. The lowest BCUT2D eigenvalue weighted by Gasteiger charge is -1.95. The van der Waals surface area contributed by atoms with Gasteiger partial charge in [0.25, 0.3) is 0 Å². The highest BCUT2D eigenvalue weighted by molar-refractivity contribution is 6.33. The molecule has 48 valence electrons. The van der Waals surface area contributed by atoms with Crippen LogP contribution < -0.4 is 5.59 Å². The quantitative estimate of drug-likeness (QED) is 0.414. The highest BCUT2D eigenvalue weighted by atomic mass is 16.3.